The molecule has 0 aromatic heterocycles. The average Bonchev–Trinajstić information content (AvgIpc) is 2.34. The first kappa shape index (κ1) is 13.1. The van der Waals surface area contributed by atoms with Crippen LogP contribution in [0.4, 0.5) is 10.1 Å². The Morgan fingerprint density at radius 2 is 1.83 bits per heavy atom. The van der Waals surface area contributed by atoms with Gasteiger partial charge in [0.15, 0.2) is 0 Å². The lowest BCUT2D eigenvalue weighted by Crippen LogP contribution is -2.02. The summed E-state index contributed by atoms with van der Waals surface area (Å²) >= 11 is 3.47. The van der Waals surface area contributed by atoms with E-state index in [9.17, 15) is 4.39 Å². The molecule has 3 heteroatoms. The molecule has 0 bridgehead atoms. The largest absolute Gasteiger partial charge is 0.381 e. The molecule has 0 saturated heterocycles. The van der Waals surface area contributed by atoms with Crippen molar-refractivity contribution in [2.24, 2.45) is 0 Å². The van der Waals surface area contributed by atoms with Crippen molar-refractivity contribution in [3.05, 3.63) is 63.4 Å². The lowest BCUT2D eigenvalue weighted by Gasteiger charge is -2.10. The molecule has 0 amide bonds. The number of rotatable bonds is 3. The summed E-state index contributed by atoms with van der Waals surface area (Å²) in [6, 6.07) is 11.0. The molecule has 0 aliphatic rings. The molecule has 2 aromatic carbocycles. The van der Waals surface area contributed by atoms with Crippen LogP contribution in [-0.2, 0) is 6.54 Å². The summed E-state index contributed by atoms with van der Waals surface area (Å²) < 4.78 is 14.2. The van der Waals surface area contributed by atoms with Crippen LogP contribution in [0.15, 0.2) is 40.9 Å². The topological polar surface area (TPSA) is 12.0 Å². The highest BCUT2D eigenvalue weighted by Gasteiger charge is 2.01. The van der Waals surface area contributed by atoms with E-state index in [2.05, 4.69) is 27.3 Å². The maximum atomic E-state index is 13.2. The van der Waals surface area contributed by atoms with E-state index in [1.807, 2.05) is 26.0 Å². The minimum Gasteiger partial charge on any atom is -0.381 e. The van der Waals surface area contributed by atoms with Crippen molar-refractivity contribution in [1.82, 2.24) is 0 Å². The molecular formula is C15H15BrFN. The quantitative estimate of drug-likeness (QED) is 0.857. The monoisotopic (exact) mass is 307 g/mol. The second-order valence-corrected chi connectivity index (χ2v) is 5.24. The van der Waals surface area contributed by atoms with Crippen molar-refractivity contribution >= 4 is 21.6 Å². The number of aryl methyl sites for hydroxylation is 2. The maximum Gasteiger partial charge on any atom is 0.123 e. The molecule has 0 spiro atoms. The molecule has 0 atom stereocenters. The molecule has 1 N–H and O–H groups in total. The molecule has 0 aliphatic carbocycles. The van der Waals surface area contributed by atoms with Crippen LogP contribution < -0.4 is 5.32 Å². The Hall–Kier alpha value is -1.35. The second kappa shape index (κ2) is 5.53. The lowest BCUT2D eigenvalue weighted by atomic mass is 10.1. The van der Waals surface area contributed by atoms with Crippen molar-refractivity contribution < 1.29 is 4.39 Å². The summed E-state index contributed by atoms with van der Waals surface area (Å²) in [5.74, 6) is -0.190. The van der Waals surface area contributed by atoms with Crippen LogP contribution in [0.2, 0.25) is 0 Å². The first-order valence-electron chi connectivity index (χ1n) is 5.81. The van der Waals surface area contributed by atoms with Gasteiger partial charge in [-0.2, -0.15) is 0 Å². The van der Waals surface area contributed by atoms with E-state index in [0.717, 1.165) is 21.3 Å². The average molecular weight is 308 g/mol. The van der Waals surface area contributed by atoms with E-state index in [1.165, 1.54) is 11.6 Å². The molecule has 0 saturated carbocycles. The highest BCUT2D eigenvalue weighted by Crippen LogP contribution is 2.21. The normalized spacial score (nSPS) is 10.4. The van der Waals surface area contributed by atoms with Gasteiger partial charge in [-0.1, -0.05) is 22.0 Å². The van der Waals surface area contributed by atoms with Crippen molar-refractivity contribution in [3.63, 3.8) is 0 Å². The van der Waals surface area contributed by atoms with Crippen LogP contribution in [-0.4, -0.2) is 0 Å². The third-order valence-corrected chi connectivity index (χ3v) is 3.84. The number of benzene rings is 2. The molecule has 0 aliphatic heterocycles. The van der Waals surface area contributed by atoms with Gasteiger partial charge in [-0.05, 0) is 60.9 Å². The zero-order valence-electron chi connectivity index (χ0n) is 10.4. The lowest BCUT2D eigenvalue weighted by molar-refractivity contribution is 0.625. The van der Waals surface area contributed by atoms with E-state index < -0.39 is 0 Å². The molecule has 2 aromatic rings. The van der Waals surface area contributed by atoms with Crippen LogP contribution >= 0.6 is 15.9 Å². The van der Waals surface area contributed by atoms with Gasteiger partial charge in [0.2, 0.25) is 0 Å². The molecule has 2 rings (SSSR count). The van der Waals surface area contributed by atoms with E-state index in [1.54, 1.807) is 12.1 Å². The molecule has 0 unspecified atom stereocenters. The number of nitrogens with one attached hydrogen (secondary N) is 1. The zero-order valence-corrected chi connectivity index (χ0v) is 12.0. The predicted octanol–water partition coefficient (Wildman–Crippen LogP) is 4.82. The summed E-state index contributed by atoms with van der Waals surface area (Å²) in [6.45, 7) is 4.66. The van der Waals surface area contributed by atoms with Crippen LogP contribution in [0.25, 0.3) is 0 Å². The zero-order chi connectivity index (χ0) is 13.1. The van der Waals surface area contributed by atoms with Crippen LogP contribution in [0.3, 0.4) is 0 Å². The Balaban J connectivity index is 2.11. The van der Waals surface area contributed by atoms with E-state index >= 15 is 0 Å². The predicted molar refractivity (Wildman–Crippen MR) is 77.3 cm³/mol. The van der Waals surface area contributed by atoms with Gasteiger partial charge >= 0.3 is 0 Å². The molecular weight excluding hydrogens is 293 g/mol. The third kappa shape index (κ3) is 3.10. The molecule has 0 radical (unpaired) electrons. The van der Waals surface area contributed by atoms with Gasteiger partial charge in [-0.25, -0.2) is 4.39 Å². The van der Waals surface area contributed by atoms with E-state index in [-0.39, 0.29) is 5.82 Å². The smallest absolute Gasteiger partial charge is 0.123 e. The number of anilines is 1. The van der Waals surface area contributed by atoms with Crippen LogP contribution in [0.1, 0.15) is 16.7 Å². The van der Waals surface area contributed by atoms with E-state index in [0.29, 0.717) is 6.54 Å². The van der Waals surface area contributed by atoms with Gasteiger partial charge in [0, 0.05) is 16.7 Å². The van der Waals surface area contributed by atoms with Gasteiger partial charge in [0.1, 0.15) is 5.82 Å². The van der Waals surface area contributed by atoms with E-state index in [4.69, 9.17) is 0 Å². The summed E-state index contributed by atoms with van der Waals surface area (Å²) in [5.41, 5.74) is 4.30. The fraction of sp³-hybridized carbons (Fsp3) is 0.200. The van der Waals surface area contributed by atoms with Crippen molar-refractivity contribution in [3.8, 4) is 0 Å². The Bertz CT molecular complexity index is 566. The first-order valence-corrected chi connectivity index (χ1v) is 6.60. The molecule has 94 valence electrons. The Morgan fingerprint density at radius 1 is 1.06 bits per heavy atom. The number of halogens is 2. The Kier molecular flexibility index (Phi) is 4.02. The highest BCUT2D eigenvalue weighted by molar-refractivity contribution is 9.10. The standard InChI is InChI=1S/C15H15BrFN/c1-10-3-4-13(17)8-12(10)9-18-14-5-6-15(16)11(2)7-14/h3-8,18H,9H2,1-2H3. The minimum absolute atomic E-state index is 0.190. The summed E-state index contributed by atoms with van der Waals surface area (Å²) in [5, 5.41) is 3.31. The first-order chi connectivity index (χ1) is 8.56. The fourth-order valence-electron chi connectivity index (χ4n) is 1.78. The van der Waals surface area contributed by atoms with Gasteiger partial charge in [0.05, 0.1) is 0 Å². The third-order valence-electron chi connectivity index (χ3n) is 2.95. The van der Waals surface area contributed by atoms with Crippen LogP contribution in [0, 0.1) is 19.7 Å². The van der Waals surface area contributed by atoms with Gasteiger partial charge in [-0.15, -0.1) is 0 Å². The molecule has 0 heterocycles. The SMILES string of the molecule is Cc1cc(NCc2cc(F)ccc2C)ccc1Br. The van der Waals surface area contributed by atoms with Crippen molar-refractivity contribution in [1.29, 1.82) is 0 Å². The summed E-state index contributed by atoms with van der Waals surface area (Å²) in [6.07, 6.45) is 0. The summed E-state index contributed by atoms with van der Waals surface area (Å²) in [4.78, 5) is 0. The second-order valence-electron chi connectivity index (χ2n) is 4.39. The van der Waals surface area contributed by atoms with Crippen molar-refractivity contribution in [2.45, 2.75) is 20.4 Å². The van der Waals surface area contributed by atoms with Gasteiger partial charge < -0.3 is 5.32 Å². The Morgan fingerprint density at radius 3 is 2.56 bits per heavy atom. The van der Waals surface area contributed by atoms with Crippen LogP contribution in [0.5, 0.6) is 0 Å². The number of hydrogen-bond acceptors (Lipinski definition) is 1. The summed E-state index contributed by atoms with van der Waals surface area (Å²) in [7, 11) is 0. The molecule has 1 nitrogen and oxygen atoms in total. The maximum absolute atomic E-state index is 13.2. The van der Waals surface area contributed by atoms with Gasteiger partial charge in [0.25, 0.3) is 0 Å². The Labute approximate surface area is 115 Å². The minimum atomic E-state index is -0.190. The number of hydrogen-bond donors (Lipinski definition) is 1. The molecule has 18 heavy (non-hydrogen) atoms. The fourth-order valence-corrected chi connectivity index (χ4v) is 2.03. The van der Waals surface area contributed by atoms with Gasteiger partial charge in [-0.3, -0.25) is 0 Å². The highest BCUT2D eigenvalue weighted by atomic mass is 79.9. The van der Waals surface area contributed by atoms with Crippen molar-refractivity contribution in [2.75, 3.05) is 5.32 Å². The molecule has 0 fully saturated rings.